The Morgan fingerprint density at radius 1 is 0.469 bits per heavy atom. The highest BCUT2D eigenvalue weighted by Gasteiger charge is 2.49. The van der Waals surface area contributed by atoms with Crippen LogP contribution in [-0.2, 0) is 82.5 Å². The van der Waals surface area contributed by atoms with Crippen LogP contribution in [0.4, 0.5) is 0 Å². The first-order valence-electron chi connectivity index (χ1n) is 40.1. The van der Waals surface area contributed by atoms with E-state index in [9.17, 15) is 51.6 Å². The van der Waals surface area contributed by atoms with E-state index in [4.69, 9.17) is 17.3 Å². The Hall–Kier alpha value is -7.22. The maximum Gasteiger partial charge on any atom is 0.242 e. The molecule has 0 saturated carbocycles. The number of thiophene rings is 6. The summed E-state index contributed by atoms with van der Waals surface area (Å²) in [6.45, 7) is 14.3. The summed E-state index contributed by atoms with van der Waals surface area (Å²) in [6, 6.07) is 64.9. The van der Waals surface area contributed by atoms with Crippen molar-refractivity contribution in [2.75, 3.05) is 0 Å². The molecule has 16 nitrogen and oxygen atoms in total. The molecular weight excluding hydrogens is 2230 g/mol. The van der Waals surface area contributed by atoms with Crippen molar-refractivity contribution in [3.05, 3.63) is 369 Å². The Morgan fingerprint density at radius 3 is 1.32 bits per heavy atom. The first-order chi connectivity index (χ1) is 61.7. The van der Waals surface area contributed by atoms with Gasteiger partial charge in [0.25, 0.3) is 0 Å². The molecule has 2 amide bonds. The van der Waals surface area contributed by atoms with E-state index in [1.165, 1.54) is 59.6 Å². The molecule has 2 fully saturated rings. The van der Waals surface area contributed by atoms with Gasteiger partial charge in [-0.15, -0.1) is 11.8 Å². The molecule has 7 unspecified atom stereocenters. The molecule has 0 aliphatic carbocycles. The van der Waals surface area contributed by atoms with Gasteiger partial charge in [0.05, 0.1) is 72.6 Å². The highest BCUT2D eigenvalue weighted by molar-refractivity contribution is 9.11. The van der Waals surface area contributed by atoms with E-state index in [2.05, 4.69) is 115 Å². The zero-order chi connectivity index (χ0) is 94.3. The van der Waals surface area contributed by atoms with Crippen LogP contribution in [0.2, 0.25) is 5.02 Å². The largest absolute Gasteiger partial charge is 0.342 e. The van der Waals surface area contributed by atoms with E-state index in [0.29, 0.717) is 11.4 Å². The Labute approximate surface area is 846 Å². The average Bonchev–Trinajstić information content (AvgIpc) is 1.40. The van der Waals surface area contributed by atoms with Crippen LogP contribution in [-0.4, -0.2) is 81.2 Å². The minimum atomic E-state index is -1.42. The van der Waals surface area contributed by atoms with Crippen molar-refractivity contribution < 1.29 is 51.6 Å². The normalized spacial score (nSPS) is 16.9. The van der Waals surface area contributed by atoms with Crippen molar-refractivity contribution >= 4 is 267 Å². The summed E-state index contributed by atoms with van der Waals surface area (Å²) in [5.74, 6) is -1.19. The van der Waals surface area contributed by atoms with Crippen LogP contribution in [0.15, 0.2) is 307 Å². The van der Waals surface area contributed by atoms with E-state index in [1.54, 1.807) is 40.1 Å². The second-order valence-electron chi connectivity index (χ2n) is 32.1. The van der Waals surface area contributed by atoms with Gasteiger partial charge in [-0.2, -0.15) is 72.4 Å². The van der Waals surface area contributed by atoms with Gasteiger partial charge >= 0.3 is 0 Å². The van der Waals surface area contributed by atoms with E-state index < -0.39 is 54.1 Å². The topological polar surface area (TPSA) is 262 Å². The van der Waals surface area contributed by atoms with Gasteiger partial charge < -0.3 is 16.4 Å². The number of nitrogens with two attached hydrogens (primary N) is 1. The SMILES string of the molecule is CC(=O)CC(=O)CC(N)(c1ccc(Br)cc1)c1ccsc1.CC(=O)CC(=O)CC(NS(=O)C(C)(C)C)(c1ccc(Br)cc1)c1ccsc1.CC(C)(C)S(=O)N=C(c1ccc(Br)cc1)c1ccsc1.O=C(c1ccc(Br)cc1)c1ccsc1.O=C1CC(=O)NC(c2ccc(Br)cc2)(c2ccsc2)C1.O=C1CC(c2ccc(Br)cc2)(c2ccsc2)NC(=O)C1Sc1ccccc1Cl. The minimum Gasteiger partial charge on any atom is -0.342 e. The summed E-state index contributed by atoms with van der Waals surface area (Å²) < 4.78 is 38.0. The lowest BCUT2D eigenvalue weighted by Gasteiger charge is -2.40. The number of Topliss-reactive ketones (excluding diaryl/α,β-unsaturated/α-hetero) is 6. The Kier molecular flexibility index (Phi) is 39.0. The fraction of sp³-hybridized carbons (Fsp3) is 0.224. The number of carbonyl (C=O) groups is 9. The number of ketones is 7. The molecule has 8 heterocycles. The lowest BCUT2D eigenvalue weighted by molar-refractivity contribution is -0.135. The first-order valence-corrected chi connectivity index (χ1v) is 54.0. The number of nitrogens with one attached hydrogen (secondary N) is 3. The molecule has 2 aliphatic rings. The van der Waals surface area contributed by atoms with Crippen LogP contribution in [0.25, 0.3) is 0 Å². The van der Waals surface area contributed by atoms with Gasteiger partial charge in [-0.05, 0) is 287 Å². The third kappa shape index (κ3) is 28.9. The molecule has 7 aromatic carbocycles. The van der Waals surface area contributed by atoms with Gasteiger partial charge in [0.1, 0.15) is 45.2 Å². The van der Waals surface area contributed by atoms with Crippen molar-refractivity contribution in [2.24, 2.45) is 10.1 Å². The molecule has 2 aliphatic heterocycles. The summed E-state index contributed by atoms with van der Waals surface area (Å²) in [6.07, 6.45) is 0.433. The molecule has 0 bridgehead atoms. The summed E-state index contributed by atoms with van der Waals surface area (Å²) in [4.78, 5) is 110. The summed E-state index contributed by atoms with van der Waals surface area (Å²) in [7, 11) is -2.70. The number of benzene rings is 7. The Morgan fingerprint density at radius 2 is 0.892 bits per heavy atom. The molecule has 32 heteroatoms. The average molecular weight is 2320 g/mol. The molecule has 13 aromatic rings. The molecule has 6 aromatic heterocycles. The maximum atomic E-state index is 13.1. The molecule has 0 spiro atoms. The molecular formula is C98H90Br6ClN5O11S9. The lowest BCUT2D eigenvalue weighted by atomic mass is 9.77. The fourth-order valence-corrected chi connectivity index (χ4v) is 22.3. The number of halogens is 7. The lowest BCUT2D eigenvalue weighted by Crippen LogP contribution is -2.57. The van der Waals surface area contributed by atoms with Gasteiger partial charge in [-0.3, -0.25) is 43.2 Å². The fourth-order valence-electron chi connectivity index (χ4n) is 13.6. The first kappa shape index (κ1) is 105. The standard InChI is InChI=1S/C21H15BrClNO2S2.C20H24BrNO3S2.C16H16BrNO2S.C15H12BrNO2S.C15H16BrNOS2.C11H7BrOS/c22-15-7-5-13(6-8-15)21(14-9-10-27-12-14)11-17(25)19(20(26)24-21)28-18-4-2-1-3-16(18)23;1-14(23)11-18(24)12-20(16-9-10-26-13-16,22-27(25)19(2,3)4)15-5-7-17(21)8-6-15;1-11(19)8-15(20)9-16(18,13-6-7-21-10-13)12-2-4-14(17)5-3-12;16-12-3-1-10(2-4-12)15(11-5-6-20-9-11)8-13(18)7-14(19)17-15;1-15(2,3)20(18)17-14(12-8-9-19-10-12)11-4-6-13(16)7-5-11;12-10-3-1-8(2-4-10)11(13)9-5-6-14-7-9/h1-10,12,19H,11H2,(H,24,26);5-10,13,22H,11-12H2,1-4H3;2-7,10H,8-9,18H2,1H3;1-6,9H,7-8H2,(H,17,19);4-10H,1-3H3;1-7H. The van der Waals surface area contributed by atoms with Crippen LogP contribution in [0, 0.1) is 0 Å². The number of carbonyl (C=O) groups excluding carboxylic acids is 9. The quantitative estimate of drug-likeness (QED) is 0.0236. The second kappa shape index (κ2) is 48.3. The number of rotatable bonds is 25. The molecule has 7 atom stereocenters. The summed E-state index contributed by atoms with van der Waals surface area (Å²) in [5.41, 5.74) is 14.5. The van der Waals surface area contributed by atoms with Crippen molar-refractivity contribution in [1.82, 2.24) is 15.4 Å². The predicted octanol–water partition coefficient (Wildman–Crippen LogP) is 25.8. The number of amides is 2. The molecule has 15 rings (SSSR count). The minimum absolute atomic E-state index is 0.0251. The van der Waals surface area contributed by atoms with E-state index in [0.717, 1.165) is 104 Å². The van der Waals surface area contributed by atoms with Crippen molar-refractivity contribution in [3.63, 3.8) is 0 Å². The maximum absolute atomic E-state index is 13.1. The smallest absolute Gasteiger partial charge is 0.242 e. The molecule has 2 saturated heterocycles. The number of hydrogen-bond donors (Lipinski definition) is 4. The monoisotopic (exact) mass is 2310 g/mol. The third-order valence-electron chi connectivity index (χ3n) is 20.2. The molecule has 0 radical (unpaired) electrons. The highest BCUT2D eigenvalue weighted by Crippen LogP contribution is 2.44. The number of nitrogens with zero attached hydrogens (tertiary/aromatic N) is 1. The second-order valence-corrected chi connectivity index (χ2v) is 47.7. The van der Waals surface area contributed by atoms with Gasteiger partial charge in [-0.25, -0.2) is 13.1 Å². The highest BCUT2D eigenvalue weighted by atomic mass is 79.9. The van der Waals surface area contributed by atoms with Gasteiger partial charge in [0.15, 0.2) is 11.6 Å². The van der Waals surface area contributed by atoms with Crippen LogP contribution < -0.4 is 21.1 Å². The summed E-state index contributed by atoms with van der Waals surface area (Å²) in [5, 5.41) is 29.4. The van der Waals surface area contributed by atoms with Gasteiger partial charge in [0, 0.05) is 90.4 Å². The molecule has 130 heavy (non-hydrogen) atoms. The zero-order valence-corrected chi connectivity index (χ0v) is 89.0. The van der Waals surface area contributed by atoms with E-state index in [-0.39, 0.29) is 95.6 Å². The van der Waals surface area contributed by atoms with Crippen LogP contribution in [0.3, 0.4) is 0 Å². The zero-order valence-electron chi connectivity index (χ0n) is 71.4. The molecule has 5 N–H and O–H groups in total. The van der Waals surface area contributed by atoms with Crippen molar-refractivity contribution in [3.8, 4) is 0 Å². The van der Waals surface area contributed by atoms with Crippen LogP contribution in [0.1, 0.15) is 172 Å². The number of thioether (sulfide) groups is 1. The van der Waals surface area contributed by atoms with Gasteiger partial charge in [-0.1, -0.05) is 180 Å². The van der Waals surface area contributed by atoms with E-state index >= 15 is 0 Å². The number of piperidine rings is 2. The predicted molar refractivity (Wildman–Crippen MR) is 557 cm³/mol. The Balaban J connectivity index is 0.000000164. The van der Waals surface area contributed by atoms with E-state index in [1.807, 2.05) is 306 Å². The molecule has 676 valence electrons. The van der Waals surface area contributed by atoms with Crippen LogP contribution in [0.5, 0.6) is 0 Å². The summed E-state index contributed by atoms with van der Waals surface area (Å²) >= 11 is 37.2. The third-order valence-corrected chi connectivity index (χ3v) is 32.2. The number of hydrogen-bond acceptors (Lipinski definition) is 19. The van der Waals surface area contributed by atoms with Crippen LogP contribution >= 0.6 is 187 Å². The Bertz CT molecular complexity index is 6070. The van der Waals surface area contributed by atoms with Gasteiger partial charge in [0.2, 0.25) is 11.8 Å². The van der Waals surface area contributed by atoms with Crippen molar-refractivity contribution in [2.45, 2.75) is 142 Å². The van der Waals surface area contributed by atoms with Crippen molar-refractivity contribution in [1.29, 1.82) is 0 Å².